The van der Waals surface area contributed by atoms with E-state index in [9.17, 15) is 4.79 Å². The minimum absolute atomic E-state index is 0.154. The topological polar surface area (TPSA) is 46.3 Å². The number of nitrogens with zero attached hydrogens (tertiary/aromatic N) is 1. The van der Waals surface area contributed by atoms with Gasteiger partial charge in [0.2, 0.25) is 5.91 Å². The van der Waals surface area contributed by atoms with Gasteiger partial charge in [-0.1, -0.05) is 11.8 Å². The Hall–Kier alpha value is -0.480. The first-order valence-electron chi connectivity index (χ1n) is 5.22. The molecule has 0 aromatic rings. The second-order valence-electron chi connectivity index (χ2n) is 4.33. The van der Waals surface area contributed by atoms with E-state index in [0.29, 0.717) is 5.92 Å². The summed E-state index contributed by atoms with van der Waals surface area (Å²) in [5.74, 6) is 1.22. The average Bonchev–Trinajstić information content (AvgIpc) is 2.99. The fourth-order valence-corrected chi connectivity index (χ4v) is 2.90. The number of hydrogen-bond acceptors (Lipinski definition) is 3. The van der Waals surface area contributed by atoms with Crippen molar-refractivity contribution in [3.63, 3.8) is 0 Å². The molecule has 76 valence electrons. The van der Waals surface area contributed by atoms with Crippen molar-refractivity contribution in [1.82, 2.24) is 4.90 Å². The highest BCUT2D eigenvalue weighted by molar-refractivity contribution is 8.03. The highest BCUT2D eigenvalue weighted by Crippen LogP contribution is 2.47. The molecular formula is C10H14N2OS. The second-order valence-corrected chi connectivity index (χ2v) is 5.52. The number of amides is 1. The minimum Gasteiger partial charge on any atom is -0.302 e. The Labute approximate surface area is 87.7 Å². The lowest BCUT2D eigenvalue weighted by Gasteiger charge is -2.18. The van der Waals surface area contributed by atoms with Gasteiger partial charge in [0, 0.05) is 17.0 Å². The second kappa shape index (κ2) is 3.00. The van der Waals surface area contributed by atoms with E-state index < -0.39 is 0 Å². The van der Waals surface area contributed by atoms with E-state index in [1.807, 2.05) is 6.20 Å². The molecule has 14 heavy (non-hydrogen) atoms. The van der Waals surface area contributed by atoms with E-state index in [2.05, 4.69) is 0 Å². The van der Waals surface area contributed by atoms with Gasteiger partial charge in [-0.05, 0) is 31.6 Å². The Morgan fingerprint density at radius 2 is 2.14 bits per heavy atom. The lowest BCUT2D eigenvalue weighted by Crippen LogP contribution is -2.38. The summed E-state index contributed by atoms with van der Waals surface area (Å²) in [5.41, 5.74) is 5.76. The van der Waals surface area contributed by atoms with Crippen LogP contribution in [0.2, 0.25) is 0 Å². The standard InChI is InChI=1S/C10H14N2OS/c11-10-12(9(13)7-3-4-7)5-8(14-10)6-1-2-6/h5-7,10H,1-4,11H2. The van der Waals surface area contributed by atoms with E-state index >= 15 is 0 Å². The van der Waals surface area contributed by atoms with Crippen LogP contribution in [-0.2, 0) is 4.79 Å². The fraction of sp³-hybridized carbons (Fsp3) is 0.700. The van der Waals surface area contributed by atoms with Crippen LogP contribution in [-0.4, -0.2) is 16.3 Å². The van der Waals surface area contributed by atoms with E-state index in [1.165, 1.54) is 17.7 Å². The van der Waals surface area contributed by atoms with Gasteiger partial charge in [0.1, 0.15) is 5.50 Å². The Bertz CT molecular complexity index is 307. The predicted octanol–water partition coefficient (Wildman–Crippen LogP) is 1.47. The maximum atomic E-state index is 11.8. The van der Waals surface area contributed by atoms with Gasteiger partial charge in [-0.15, -0.1) is 0 Å². The van der Waals surface area contributed by atoms with Crippen LogP contribution in [0.5, 0.6) is 0 Å². The molecule has 2 fully saturated rings. The lowest BCUT2D eigenvalue weighted by atomic mass is 10.3. The number of carbonyl (C=O) groups excluding carboxylic acids is 1. The van der Waals surface area contributed by atoms with Crippen molar-refractivity contribution in [1.29, 1.82) is 0 Å². The van der Waals surface area contributed by atoms with E-state index in [4.69, 9.17) is 5.73 Å². The van der Waals surface area contributed by atoms with Gasteiger partial charge in [-0.2, -0.15) is 0 Å². The minimum atomic E-state index is -0.154. The summed E-state index contributed by atoms with van der Waals surface area (Å²) in [5, 5.41) is 0. The van der Waals surface area contributed by atoms with Crippen LogP contribution in [0.15, 0.2) is 11.1 Å². The van der Waals surface area contributed by atoms with Gasteiger partial charge < -0.3 is 5.73 Å². The molecule has 2 N–H and O–H groups in total. The molecule has 1 unspecified atom stereocenters. The van der Waals surface area contributed by atoms with E-state index in [0.717, 1.165) is 12.8 Å². The number of thioether (sulfide) groups is 1. The first-order valence-corrected chi connectivity index (χ1v) is 6.10. The van der Waals surface area contributed by atoms with Crippen molar-refractivity contribution in [3.8, 4) is 0 Å². The van der Waals surface area contributed by atoms with E-state index in [-0.39, 0.29) is 17.3 Å². The molecule has 0 spiro atoms. The Morgan fingerprint density at radius 1 is 1.43 bits per heavy atom. The first kappa shape index (κ1) is 8.80. The quantitative estimate of drug-likeness (QED) is 0.750. The summed E-state index contributed by atoms with van der Waals surface area (Å²) >= 11 is 1.66. The van der Waals surface area contributed by atoms with Crippen LogP contribution in [0.3, 0.4) is 0 Å². The zero-order chi connectivity index (χ0) is 9.71. The molecule has 1 heterocycles. The average molecular weight is 210 g/mol. The van der Waals surface area contributed by atoms with Crippen molar-refractivity contribution in [2.75, 3.05) is 0 Å². The monoisotopic (exact) mass is 210 g/mol. The zero-order valence-electron chi connectivity index (χ0n) is 7.98. The molecular weight excluding hydrogens is 196 g/mol. The highest BCUT2D eigenvalue weighted by Gasteiger charge is 2.40. The van der Waals surface area contributed by atoms with Crippen LogP contribution in [0.4, 0.5) is 0 Å². The SMILES string of the molecule is NC1SC(C2CC2)=CN1C(=O)C1CC1. The smallest absolute Gasteiger partial charge is 0.231 e. The molecule has 2 saturated carbocycles. The number of carbonyl (C=O) groups is 1. The molecule has 0 aromatic carbocycles. The van der Waals surface area contributed by atoms with Crippen molar-refractivity contribution < 1.29 is 4.79 Å². The molecule has 4 heteroatoms. The Kier molecular flexibility index (Phi) is 1.89. The molecule has 0 aromatic heterocycles. The summed E-state index contributed by atoms with van der Waals surface area (Å²) in [4.78, 5) is 14.9. The largest absolute Gasteiger partial charge is 0.302 e. The van der Waals surface area contributed by atoms with Crippen LogP contribution in [0.1, 0.15) is 25.7 Å². The zero-order valence-corrected chi connectivity index (χ0v) is 8.80. The van der Waals surface area contributed by atoms with Gasteiger partial charge in [0.25, 0.3) is 0 Å². The fourth-order valence-electron chi connectivity index (χ4n) is 1.74. The Morgan fingerprint density at radius 3 is 2.71 bits per heavy atom. The summed E-state index contributed by atoms with van der Waals surface area (Å²) in [6.07, 6.45) is 6.65. The molecule has 0 bridgehead atoms. The predicted molar refractivity (Wildman–Crippen MR) is 55.9 cm³/mol. The number of rotatable bonds is 2. The van der Waals surface area contributed by atoms with Gasteiger partial charge in [-0.25, -0.2) is 0 Å². The molecule has 1 amide bonds. The number of hydrogen-bond donors (Lipinski definition) is 1. The van der Waals surface area contributed by atoms with Crippen molar-refractivity contribution >= 4 is 17.7 Å². The van der Waals surface area contributed by atoms with Gasteiger partial charge >= 0.3 is 0 Å². The molecule has 3 nitrogen and oxygen atoms in total. The summed E-state index contributed by atoms with van der Waals surface area (Å²) in [6.45, 7) is 0. The maximum absolute atomic E-state index is 11.8. The van der Waals surface area contributed by atoms with Crippen LogP contribution in [0.25, 0.3) is 0 Å². The van der Waals surface area contributed by atoms with Crippen LogP contribution in [0, 0.1) is 11.8 Å². The third-order valence-electron chi connectivity index (χ3n) is 2.96. The molecule has 3 rings (SSSR count). The molecule has 1 atom stereocenters. The summed E-state index contributed by atoms with van der Waals surface area (Å²) in [7, 11) is 0. The van der Waals surface area contributed by atoms with Crippen molar-refractivity contribution in [2.24, 2.45) is 17.6 Å². The van der Waals surface area contributed by atoms with Crippen LogP contribution >= 0.6 is 11.8 Å². The molecule has 1 aliphatic heterocycles. The molecule has 2 aliphatic carbocycles. The molecule has 0 radical (unpaired) electrons. The van der Waals surface area contributed by atoms with Gasteiger partial charge in [-0.3, -0.25) is 9.69 Å². The van der Waals surface area contributed by atoms with Crippen LogP contribution < -0.4 is 5.73 Å². The van der Waals surface area contributed by atoms with E-state index in [1.54, 1.807) is 16.7 Å². The highest BCUT2D eigenvalue weighted by atomic mass is 32.2. The molecule has 3 aliphatic rings. The number of allylic oxidation sites excluding steroid dienone is 1. The normalized spacial score (nSPS) is 31.9. The van der Waals surface area contributed by atoms with Gasteiger partial charge in [0.05, 0.1) is 0 Å². The third kappa shape index (κ3) is 1.46. The van der Waals surface area contributed by atoms with Gasteiger partial charge in [0.15, 0.2) is 0 Å². The lowest BCUT2D eigenvalue weighted by molar-refractivity contribution is -0.130. The Balaban J connectivity index is 1.74. The van der Waals surface area contributed by atoms with Crippen molar-refractivity contribution in [3.05, 3.63) is 11.1 Å². The molecule has 0 saturated heterocycles. The third-order valence-corrected chi connectivity index (χ3v) is 4.14. The van der Waals surface area contributed by atoms with Crippen molar-refractivity contribution in [2.45, 2.75) is 31.2 Å². The first-order chi connectivity index (χ1) is 6.75. The maximum Gasteiger partial charge on any atom is 0.231 e. The summed E-state index contributed by atoms with van der Waals surface area (Å²) < 4.78 is 0. The summed E-state index contributed by atoms with van der Waals surface area (Å²) in [6, 6.07) is 0. The number of nitrogens with two attached hydrogens (primary N) is 1.